The van der Waals surface area contributed by atoms with Gasteiger partial charge in [0.15, 0.2) is 0 Å². The summed E-state index contributed by atoms with van der Waals surface area (Å²) in [5.41, 5.74) is 3.80. The fraction of sp³-hybridized carbons (Fsp3) is 0.333. The lowest BCUT2D eigenvalue weighted by Gasteiger charge is -2.14. The van der Waals surface area contributed by atoms with Crippen LogP contribution in [0.15, 0.2) is 35.1 Å². The van der Waals surface area contributed by atoms with Crippen LogP contribution in [0.3, 0.4) is 0 Å². The second-order valence-corrected chi connectivity index (χ2v) is 6.29. The van der Waals surface area contributed by atoms with E-state index in [0.29, 0.717) is 23.5 Å². The maximum absolute atomic E-state index is 12.4. The molecule has 0 aromatic carbocycles. The summed E-state index contributed by atoms with van der Waals surface area (Å²) in [4.78, 5) is 16.7. The molecule has 3 aromatic rings. The van der Waals surface area contributed by atoms with E-state index >= 15 is 0 Å². The Labute approximate surface area is 151 Å². The van der Waals surface area contributed by atoms with Crippen LogP contribution in [0.2, 0.25) is 0 Å². The van der Waals surface area contributed by atoms with Crippen molar-refractivity contribution in [3.05, 3.63) is 47.6 Å². The van der Waals surface area contributed by atoms with Crippen molar-refractivity contribution in [2.45, 2.75) is 33.2 Å². The third-order valence-electron chi connectivity index (χ3n) is 4.05. The number of nitrogens with one attached hydrogen (secondary N) is 2. The molecule has 0 aliphatic heterocycles. The Morgan fingerprint density at radius 2 is 2.15 bits per heavy atom. The zero-order valence-corrected chi connectivity index (χ0v) is 15.3. The minimum atomic E-state index is -0.297. The van der Waals surface area contributed by atoms with Gasteiger partial charge in [-0.3, -0.25) is 9.67 Å². The molecular formula is C18H22N6O2. The molecule has 0 aliphatic rings. The van der Waals surface area contributed by atoms with Crippen molar-refractivity contribution in [3.63, 3.8) is 0 Å². The zero-order valence-electron chi connectivity index (χ0n) is 15.3. The van der Waals surface area contributed by atoms with Crippen LogP contribution in [0.1, 0.15) is 23.9 Å². The summed E-state index contributed by atoms with van der Waals surface area (Å²) in [5.74, 6) is 0.779. The van der Waals surface area contributed by atoms with Gasteiger partial charge in [0, 0.05) is 31.0 Å². The molecule has 0 radical (unpaired) electrons. The van der Waals surface area contributed by atoms with Crippen LogP contribution in [0.4, 0.5) is 10.5 Å². The molecule has 1 unspecified atom stereocenters. The van der Waals surface area contributed by atoms with E-state index in [1.165, 1.54) is 0 Å². The standard InChI is InChI=1S/C18H22N6O2/c1-11(9-14-12(2)23-26-13(14)3)20-18(25)21-16-10-24(4)22-17(16)15-7-5-6-8-19-15/h5-8,10-11H,9H2,1-4H3,(H2,20,21,25). The number of rotatable bonds is 5. The molecule has 0 saturated carbocycles. The van der Waals surface area contributed by atoms with Gasteiger partial charge in [0.1, 0.15) is 11.5 Å². The second kappa shape index (κ2) is 7.38. The summed E-state index contributed by atoms with van der Waals surface area (Å²) in [6.07, 6.45) is 4.09. The van der Waals surface area contributed by atoms with Gasteiger partial charge in [0.25, 0.3) is 0 Å². The van der Waals surface area contributed by atoms with Crippen molar-refractivity contribution in [1.29, 1.82) is 0 Å². The Hall–Kier alpha value is -3.16. The zero-order chi connectivity index (χ0) is 18.7. The molecule has 3 heterocycles. The van der Waals surface area contributed by atoms with Crippen LogP contribution in [-0.2, 0) is 13.5 Å². The SMILES string of the molecule is Cc1noc(C)c1CC(C)NC(=O)Nc1cn(C)nc1-c1ccccn1. The minimum absolute atomic E-state index is 0.0817. The maximum atomic E-state index is 12.4. The molecule has 0 saturated heterocycles. The van der Waals surface area contributed by atoms with Crippen LogP contribution in [0, 0.1) is 13.8 Å². The van der Waals surface area contributed by atoms with E-state index < -0.39 is 0 Å². The Morgan fingerprint density at radius 1 is 1.35 bits per heavy atom. The van der Waals surface area contributed by atoms with Gasteiger partial charge < -0.3 is 15.2 Å². The molecule has 0 spiro atoms. The Balaban J connectivity index is 1.67. The molecule has 26 heavy (non-hydrogen) atoms. The van der Waals surface area contributed by atoms with E-state index in [1.807, 2.05) is 39.0 Å². The number of aromatic nitrogens is 4. The molecule has 2 amide bonds. The fourth-order valence-corrected chi connectivity index (χ4v) is 2.80. The van der Waals surface area contributed by atoms with Crippen LogP contribution in [0.5, 0.6) is 0 Å². The number of carbonyl (C=O) groups excluding carboxylic acids is 1. The third kappa shape index (κ3) is 3.90. The first-order valence-corrected chi connectivity index (χ1v) is 8.38. The van der Waals surface area contributed by atoms with Crippen molar-refractivity contribution in [3.8, 4) is 11.4 Å². The largest absolute Gasteiger partial charge is 0.361 e. The van der Waals surface area contributed by atoms with Gasteiger partial charge in [-0.1, -0.05) is 11.2 Å². The fourth-order valence-electron chi connectivity index (χ4n) is 2.80. The molecule has 0 bridgehead atoms. The van der Waals surface area contributed by atoms with E-state index in [-0.39, 0.29) is 12.1 Å². The van der Waals surface area contributed by atoms with E-state index in [4.69, 9.17) is 4.52 Å². The summed E-state index contributed by atoms with van der Waals surface area (Å²) >= 11 is 0. The summed E-state index contributed by atoms with van der Waals surface area (Å²) < 4.78 is 6.81. The highest BCUT2D eigenvalue weighted by Crippen LogP contribution is 2.24. The highest BCUT2D eigenvalue weighted by molar-refractivity contribution is 5.93. The number of pyridine rings is 1. The maximum Gasteiger partial charge on any atom is 0.319 e. The van der Waals surface area contributed by atoms with E-state index in [2.05, 4.69) is 25.9 Å². The summed E-state index contributed by atoms with van der Waals surface area (Å²) in [6, 6.07) is 5.19. The molecule has 2 N–H and O–H groups in total. The first-order valence-electron chi connectivity index (χ1n) is 8.38. The first-order chi connectivity index (χ1) is 12.4. The third-order valence-corrected chi connectivity index (χ3v) is 4.05. The Morgan fingerprint density at radius 3 is 2.81 bits per heavy atom. The molecule has 3 rings (SSSR count). The summed E-state index contributed by atoms with van der Waals surface area (Å²) in [6.45, 7) is 5.71. The van der Waals surface area contributed by atoms with E-state index in [0.717, 1.165) is 17.0 Å². The van der Waals surface area contributed by atoms with E-state index in [1.54, 1.807) is 24.1 Å². The van der Waals surface area contributed by atoms with Crippen molar-refractivity contribution in [2.24, 2.45) is 7.05 Å². The number of hydrogen-bond acceptors (Lipinski definition) is 5. The smallest absolute Gasteiger partial charge is 0.319 e. The summed E-state index contributed by atoms with van der Waals surface area (Å²) in [7, 11) is 1.80. The lowest BCUT2D eigenvalue weighted by atomic mass is 10.1. The average molecular weight is 354 g/mol. The van der Waals surface area contributed by atoms with Gasteiger partial charge in [-0.25, -0.2) is 4.79 Å². The number of anilines is 1. The van der Waals surface area contributed by atoms with Crippen LogP contribution < -0.4 is 10.6 Å². The van der Waals surface area contributed by atoms with Crippen LogP contribution in [-0.4, -0.2) is 32.0 Å². The van der Waals surface area contributed by atoms with Gasteiger partial charge in [0.2, 0.25) is 0 Å². The lowest BCUT2D eigenvalue weighted by molar-refractivity contribution is 0.249. The number of hydrogen-bond donors (Lipinski definition) is 2. The predicted octanol–water partition coefficient (Wildman–Crippen LogP) is 2.84. The number of carbonyl (C=O) groups is 1. The molecule has 0 aliphatic carbocycles. The minimum Gasteiger partial charge on any atom is -0.361 e. The quantitative estimate of drug-likeness (QED) is 0.734. The van der Waals surface area contributed by atoms with Crippen molar-refractivity contribution in [2.75, 3.05) is 5.32 Å². The van der Waals surface area contributed by atoms with Crippen LogP contribution >= 0.6 is 0 Å². The normalized spacial score (nSPS) is 12.0. The topological polar surface area (TPSA) is 97.9 Å². The first kappa shape index (κ1) is 17.7. The number of nitrogens with zero attached hydrogens (tertiary/aromatic N) is 4. The summed E-state index contributed by atoms with van der Waals surface area (Å²) in [5, 5.41) is 14.1. The molecule has 136 valence electrons. The van der Waals surface area contributed by atoms with Gasteiger partial charge in [-0.15, -0.1) is 0 Å². The van der Waals surface area contributed by atoms with Crippen molar-refractivity contribution in [1.82, 2.24) is 25.2 Å². The lowest BCUT2D eigenvalue weighted by Crippen LogP contribution is -2.37. The average Bonchev–Trinajstić information content (AvgIpc) is 3.12. The van der Waals surface area contributed by atoms with Gasteiger partial charge in [0.05, 0.1) is 17.1 Å². The monoisotopic (exact) mass is 354 g/mol. The molecule has 8 nitrogen and oxygen atoms in total. The molecule has 1 atom stereocenters. The molecule has 0 fully saturated rings. The Kier molecular flexibility index (Phi) is 5.01. The number of aryl methyl sites for hydroxylation is 3. The highest BCUT2D eigenvalue weighted by Gasteiger charge is 2.17. The second-order valence-electron chi connectivity index (χ2n) is 6.29. The molecule has 8 heteroatoms. The van der Waals surface area contributed by atoms with Crippen LogP contribution in [0.25, 0.3) is 11.4 Å². The number of urea groups is 1. The van der Waals surface area contributed by atoms with Crippen molar-refractivity contribution >= 4 is 11.7 Å². The molecular weight excluding hydrogens is 332 g/mol. The van der Waals surface area contributed by atoms with Gasteiger partial charge in [-0.2, -0.15) is 5.10 Å². The Bertz CT molecular complexity index is 880. The predicted molar refractivity (Wildman–Crippen MR) is 97.7 cm³/mol. The molecule has 3 aromatic heterocycles. The number of amides is 2. The van der Waals surface area contributed by atoms with E-state index in [9.17, 15) is 4.79 Å². The highest BCUT2D eigenvalue weighted by atomic mass is 16.5. The van der Waals surface area contributed by atoms with Crippen molar-refractivity contribution < 1.29 is 9.32 Å². The van der Waals surface area contributed by atoms with Gasteiger partial charge >= 0.3 is 6.03 Å². The van der Waals surface area contributed by atoms with Gasteiger partial charge in [-0.05, 0) is 39.3 Å².